The van der Waals surface area contributed by atoms with Crippen LogP contribution in [0.2, 0.25) is 0 Å². The second-order valence-electron chi connectivity index (χ2n) is 12.6. The van der Waals surface area contributed by atoms with E-state index in [-0.39, 0.29) is 35.7 Å². The number of likely N-dealkylation sites (N-methyl/N-ethyl adjacent to an activating group) is 1. The maximum atomic E-state index is 13.8. The average molecular weight is 660 g/mol. The SMILES string of the molecule is CC[C@H](C)[C@@H]([C@H](OC)OC(=O)N1CCC[C@H]1[C@H](OC)[C@@H](C)C(=O)N[C@@H](Cc1ccccc1)c1nccs1)N(C)C(=O)[C@@H](N)C(C)C. The lowest BCUT2D eigenvalue weighted by Gasteiger charge is -2.39. The van der Waals surface area contributed by atoms with Crippen LogP contribution in [0.5, 0.6) is 0 Å². The van der Waals surface area contributed by atoms with E-state index in [1.165, 1.54) is 18.4 Å². The van der Waals surface area contributed by atoms with Crippen molar-refractivity contribution in [1.29, 1.82) is 0 Å². The number of ether oxygens (including phenoxy) is 3. The Morgan fingerprint density at radius 3 is 2.39 bits per heavy atom. The van der Waals surface area contributed by atoms with Crippen LogP contribution in [0.1, 0.15) is 70.5 Å². The average Bonchev–Trinajstić information content (AvgIpc) is 3.77. The number of thiazole rings is 1. The number of methoxy groups -OCH3 is 2. The van der Waals surface area contributed by atoms with Crippen LogP contribution >= 0.6 is 11.3 Å². The van der Waals surface area contributed by atoms with Crippen molar-refractivity contribution in [3.05, 3.63) is 52.5 Å². The van der Waals surface area contributed by atoms with Gasteiger partial charge in [-0.25, -0.2) is 9.78 Å². The maximum Gasteiger partial charge on any atom is 0.412 e. The number of carbonyl (C=O) groups excluding carboxylic acids is 3. The number of benzene rings is 1. The lowest BCUT2D eigenvalue weighted by Crippen LogP contribution is -2.57. The van der Waals surface area contributed by atoms with Crippen molar-refractivity contribution < 1.29 is 28.6 Å². The van der Waals surface area contributed by atoms with Gasteiger partial charge >= 0.3 is 6.09 Å². The Kier molecular flexibility index (Phi) is 14.4. The van der Waals surface area contributed by atoms with Gasteiger partial charge in [0, 0.05) is 39.4 Å². The number of hydrogen-bond acceptors (Lipinski definition) is 9. The van der Waals surface area contributed by atoms with Crippen LogP contribution in [-0.4, -0.2) is 91.0 Å². The molecule has 0 aliphatic carbocycles. The molecule has 8 atom stereocenters. The van der Waals surface area contributed by atoms with Gasteiger partial charge in [-0.05, 0) is 36.7 Å². The Morgan fingerprint density at radius 1 is 1.13 bits per heavy atom. The molecule has 1 saturated heterocycles. The molecule has 46 heavy (non-hydrogen) atoms. The molecule has 2 aromatic rings. The maximum absolute atomic E-state index is 13.8. The third kappa shape index (κ3) is 9.27. The summed E-state index contributed by atoms with van der Waals surface area (Å²) in [4.78, 5) is 48.3. The molecule has 3 N–H and O–H groups in total. The molecule has 1 aliphatic heterocycles. The number of hydrogen-bond donors (Lipinski definition) is 2. The van der Waals surface area contributed by atoms with E-state index in [1.54, 1.807) is 30.2 Å². The van der Waals surface area contributed by atoms with Gasteiger partial charge in [-0.1, -0.05) is 71.4 Å². The first-order chi connectivity index (χ1) is 21.9. The van der Waals surface area contributed by atoms with Crippen LogP contribution < -0.4 is 11.1 Å². The highest BCUT2D eigenvalue weighted by Crippen LogP contribution is 2.30. The summed E-state index contributed by atoms with van der Waals surface area (Å²) in [7, 11) is 4.71. The van der Waals surface area contributed by atoms with Crippen LogP contribution in [-0.2, 0) is 30.2 Å². The predicted octanol–water partition coefficient (Wildman–Crippen LogP) is 4.62. The van der Waals surface area contributed by atoms with Gasteiger partial charge in [0.2, 0.25) is 18.1 Å². The van der Waals surface area contributed by atoms with E-state index in [0.717, 1.165) is 23.4 Å². The zero-order valence-electron chi connectivity index (χ0n) is 28.5. The molecule has 12 heteroatoms. The van der Waals surface area contributed by atoms with Gasteiger partial charge in [-0.15, -0.1) is 11.3 Å². The summed E-state index contributed by atoms with van der Waals surface area (Å²) in [6, 6.07) is 8.04. The van der Waals surface area contributed by atoms with Crippen molar-refractivity contribution in [2.24, 2.45) is 23.5 Å². The number of amides is 3. The topological polar surface area (TPSA) is 136 Å². The van der Waals surface area contributed by atoms with Crippen LogP contribution in [0, 0.1) is 17.8 Å². The lowest BCUT2D eigenvalue weighted by molar-refractivity contribution is -0.163. The second-order valence-corrected chi connectivity index (χ2v) is 13.5. The normalized spacial score (nSPS) is 19.5. The molecule has 0 unspecified atom stereocenters. The van der Waals surface area contributed by atoms with E-state index in [2.05, 4.69) is 10.3 Å². The van der Waals surface area contributed by atoms with Crippen LogP contribution in [0.15, 0.2) is 41.9 Å². The largest absolute Gasteiger partial charge is 0.417 e. The zero-order valence-corrected chi connectivity index (χ0v) is 29.4. The lowest BCUT2D eigenvalue weighted by atomic mass is 9.94. The summed E-state index contributed by atoms with van der Waals surface area (Å²) in [5, 5.41) is 5.91. The minimum Gasteiger partial charge on any atom is -0.417 e. The molecule has 1 aromatic heterocycles. The number of nitrogens with two attached hydrogens (primary N) is 1. The molecule has 0 spiro atoms. The van der Waals surface area contributed by atoms with E-state index >= 15 is 0 Å². The fourth-order valence-electron chi connectivity index (χ4n) is 6.13. The first kappa shape index (κ1) is 37.4. The summed E-state index contributed by atoms with van der Waals surface area (Å²) in [5.74, 6) is -1.09. The number of likely N-dealkylation sites (tertiary alicyclic amines) is 1. The van der Waals surface area contributed by atoms with Crippen LogP contribution in [0.3, 0.4) is 0 Å². The van der Waals surface area contributed by atoms with Gasteiger partial charge in [0.15, 0.2) is 0 Å². The van der Waals surface area contributed by atoms with Crippen molar-refractivity contribution in [3.63, 3.8) is 0 Å². The molecule has 3 amide bonds. The zero-order chi connectivity index (χ0) is 34.0. The third-order valence-electron chi connectivity index (χ3n) is 9.19. The molecule has 256 valence electrons. The Morgan fingerprint density at radius 2 is 1.83 bits per heavy atom. The van der Waals surface area contributed by atoms with Gasteiger partial charge in [0.1, 0.15) is 5.01 Å². The highest BCUT2D eigenvalue weighted by atomic mass is 32.1. The molecule has 0 bridgehead atoms. The number of carbonyl (C=O) groups is 3. The third-order valence-corrected chi connectivity index (χ3v) is 10.1. The van der Waals surface area contributed by atoms with Crippen molar-refractivity contribution >= 4 is 29.2 Å². The molecule has 2 heterocycles. The summed E-state index contributed by atoms with van der Waals surface area (Å²) in [6.45, 7) is 10.1. The fourth-order valence-corrected chi connectivity index (χ4v) is 6.82. The monoisotopic (exact) mass is 659 g/mol. The quantitative estimate of drug-likeness (QED) is 0.249. The Balaban J connectivity index is 1.75. The first-order valence-corrected chi connectivity index (χ1v) is 17.1. The minimum absolute atomic E-state index is 0.0439. The molecule has 0 saturated carbocycles. The fraction of sp³-hybridized carbons (Fsp3) is 0.647. The van der Waals surface area contributed by atoms with Crippen molar-refractivity contribution in [3.8, 4) is 0 Å². The number of nitrogens with zero attached hydrogens (tertiary/aromatic N) is 3. The number of aromatic nitrogens is 1. The van der Waals surface area contributed by atoms with Gasteiger partial charge in [0.05, 0.1) is 36.2 Å². The molecule has 0 radical (unpaired) electrons. The van der Waals surface area contributed by atoms with E-state index in [4.69, 9.17) is 19.9 Å². The molecule has 3 rings (SSSR count). The summed E-state index contributed by atoms with van der Waals surface area (Å²) in [6.07, 6.45) is 2.28. The smallest absolute Gasteiger partial charge is 0.412 e. The molecular weight excluding hydrogens is 606 g/mol. The van der Waals surface area contributed by atoms with Crippen molar-refractivity contribution in [2.45, 2.75) is 96.9 Å². The highest BCUT2D eigenvalue weighted by molar-refractivity contribution is 7.09. The molecule has 1 aliphatic rings. The molecular formula is C34H53N5O6S. The summed E-state index contributed by atoms with van der Waals surface area (Å²) in [5.41, 5.74) is 7.29. The van der Waals surface area contributed by atoms with Crippen molar-refractivity contribution in [2.75, 3.05) is 27.8 Å². The highest BCUT2D eigenvalue weighted by Gasteiger charge is 2.43. The van der Waals surface area contributed by atoms with E-state index in [0.29, 0.717) is 19.4 Å². The molecule has 11 nitrogen and oxygen atoms in total. The second kappa shape index (κ2) is 17.7. The summed E-state index contributed by atoms with van der Waals surface area (Å²) >= 11 is 1.50. The van der Waals surface area contributed by atoms with Gasteiger partial charge in [0.25, 0.3) is 0 Å². The Hall–Kier alpha value is -3.06. The van der Waals surface area contributed by atoms with E-state index < -0.39 is 36.5 Å². The number of nitrogens with one attached hydrogen (secondary N) is 1. The molecule has 1 aromatic carbocycles. The first-order valence-electron chi connectivity index (χ1n) is 16.2. The Bertz CT molecular complexity index is 1230. The van der Waals surface area contributed by atoms with Crippen LogP contribution in [0.25, 0.3) is 0 Å². The minimum atomic E-state index is -1.02. The van der Waals surface area contributed by atoms with Gasteiger partial charge < -0.3 is 35.1 Å². The van der Waals surface area contributed by atoms with Gasteiger partial charge in [-0.2, -0.15) is 0 Å². The van der Waals surface area contributed by atoms with Gasteiger partial charge in [-0.3, -0.25) is 9.59 Å². The predicted molar refractivity (Wildman–Crippen MR) is 179 cm³/mol. The van der Waals surface area contributed by atoms with E-state index in [1.807, 2.05) is 70.3 Å². The van der Waals surface area contributed by atoms with Crippen molar-refractivity contribution in [1.82, 2.24) is 20.1 Å². The Labute approximate surface area is 278 Å². The standard InChI is InChI=1S/C34H53N5O6S/c1-9-22(4)28(38(6)32(41)27(35)21(2)3)33(44-8)45-34(42)39-18-13-16-26(39)29(43-7)23(5)30(40)37-25(31-36-17-19-46-31)20-24-14-11-10-12-15-24/h10-12,14-15,17,19,21-23,25-29,33H,9,13,16,18,20,35H2,1-8H3,(H,37,40)/t22-,23+,25-,26-,27-,28-,29+,33+/m0/s1. The van der Waals surface area contributed by atoms with E-state index in [9.17, 15) is 14.4 Å². The molecule has 1 fully saturated rings. The number of rotatable bonds is 16. The summed E-state index contributed by atoms with van der Waals surface area (Å²) < 4.78 is 17.6. The van der Waals surface area contributed by atoms with Crippen LogP contribution in [0.4, 0.5) is 4.79 Å².